The number of amides is 1. The van der Waals surface area contributed by atoms with Gasteiger partial charge in [-0.15, -0.1) is 0 Å². The van der Waals surface area contributed by atoms with E-state index in [-0.39, 0.29) is 6.61 Å². The molecule has 0 saturated carbocycles. The van der Waals surface area contributed by atoms with E-state index in [1.165, 1.54) is 6.08 Å². The fourth-order valence-corrected chi connectivity index (χ4v) is 0.526. The average molecular weight is 265 g/mol. The number of carbonyl (C=O) groups is 1. The summed E-state index contributed by atoms with van der Waals surface area (Å²) in [5.74, 6) is 2.65. The highest BCUT2D eigenvalue weighted by Crippen LogP contribution is 1.77. The Morgan fingerprint density at radius 2 is 2.55 bits per heavy atom. The number of hydrogen-bond donors (Lipinski definition) is 1. The molecule has 60 valence electrons. The van der Waals surface area contributed by atoms with Gasteiger partial charge >= 0.3 is 6.09 Å². The first-order valence-electron chi connectivity index (χ1n) is 2.91. The second-order valence-corrected chi connectivity index (χ2v) is 2.05. The lowest BCUT2D eigenvalue weighted by Gasteiger charge is -1.99. The zero-order chi connectivity index (χ0) is 8.53. The molecule has 0 aromatic heterocycles. The first kappa shape index (κ1) is 10.3. The Balaban J connectivity index is 3.34. The van der Waals surface area contributed by atoms with Gasteiger partial charge in [0.2, 0.25) is 0 Å². The minimum Gasteiger partial charge on any atom is -0.445 e. The van der Waals surface area contributed by atoms with Gasteiger partial charge in [0.1, 0.15) is 6.61 Å². The first-order valence-corrected chi connectivity index (χ1v) is 3.99. The predicted molar refractivity (Wildman–Crippen MR) is 51.3 cm³/mol. The van der Waals surface area contributed by atoms with Gasteiger partial charge in [0, 0.05) is 22.6 Å². The lowest BCUT2D eigenvalue weighted by Crippen LogP contribution is -2.24. The van der Waals surface area contributed by atoms with E-state index < -0.39 is 6.09 Å². The van der Waals surface area contributed by atoms with E-state index in [4.69, 9.17) is 0 Å². The summed E-state index contributed by atoms with van der Waals surface area (Å²) < 4.78 is 7.21. The summed E-state index contributed by atoms with van der Waals surface area (Å²) in [6, 6.07) is 0. The molecule has 0 atom stereocenters. The predicted octanol–water partition coefficient (Wildman–Crippen LogP) is 1.29. The fraction of sp³-hybridized carbons (Fsp3) is 0.286. The molecule has 0 aromatic carbocycles. The van der Waals surface area contributed by atoms with Crippen LogP contribution in [-0.4, -0.2) is 19.2 Å². The topological polar surface area (TPSA) is 38.3 Å². The molecule has 0 rings (SSSR count). The van der Waals surface area contributed by atoms with Crippen molar-refractivity contribution in [2.45, 2.75) is 0 Å². The van der Waals surface area contributed by atoms with Gasteiger partial charge in [0.05, 0.1) is 6.54 Å². The molecule has 0 fully saturated rings. The van der Waals surface area contributed by atoms with Crippen molar-refractivity contribution >= 4 is 28.7 Å². The SMILES string of the molecule is C=CCOC(=O)NCC#CI. The Kier molecular flexibility index (Phi) is 6.94. The fourth-order valence-electron chi connectivity index (χ4n) is 0.335. The summed E-state index contributed by atoms with van der Waals surface area (Å²) in [6.07, 6.45) is 1.04. The minimum absolute atomic E-state index is 0.226. The summed E-state index contributed by atoms with van der Waals surface area (Å²) in [7, 11) is 0. The third kappa shape index (κ3) is 7.19. The molecule has 0 heterocycles. The smallest absolute Gasteiger partial charge is 0.408 e. The maximum Gasteiger partial charge on any atom is 0.408 e. The van der Waals surface area contributed by atoms with Crippen LogP contribution in [0.25, 0.3) is 0 Å². The maximum absolute atomic E-state index is 10.6. The van der Waals surface area contributed by atoms with Crippen LogP contribution in [0.15, 0.2) is 12.7 Å². The van der Waals surface area contributed by atoms with Gasteiger partial charge in [-0.25, -0.2) is 4.79 Å². The summed E-state index contributed by atoms with van der Waals surface area (Å²) in [6.45, 7) is 3.94. The molecule has 0 unspecified atom stereocenters. The van der Waals surface area contributed by atoms with Crippen LogP contribution in [-0.2, 0) is 4.74 Å². The molecule has 11 heavy (non-hydrogen) atoms. The molecule has 0 aliphatic rings. The zero-order valence-electron chi connectivity index (χ0n) is 5.89. The van der Waals surface area contributed by atoms with E-state index in [1.807, 2.05) is 22.6 Å². The highest BCUT2D eigenvalue weighted by atomic mass is 127. The quantitative estimate of drug-likeness (QED) is 0.474. The van der Waals surface area contributed by atoms with E-state index in [0.717, 1.165) is 0 Å². The van der Waals surface area contributed by atoms with Crippen molar-refractivity contribution in [2.75, 3.05) is 13.2 Å². The Labute approximate surface area is 79.3 Å². The van der Waals surface area contributed by atoms with Crippen molar-refractivity contribution in [1.82, 2.24) is 5.32 Å². The molecule has 1 N–H and O–H groups in total. The van der Waals surface area contributed by atoms with Crippen LogP contribution in [0.4, 0.5) is 4.79 Å². The molecule has 0 aliphatic heterocycles. The first-order chi connectivity index (χ1) is 5.31. The molecule has 0 saturated heterocycles. The Hall–Kier alpha value is -0.700. The molecule has 0 spiro atoms. The molecular formula is C7H8INO2. The van der Waals surface area contributed by atoms with Crippen molar-refractivity contribution < 1.29 is 9.53 Å². The zero-order valence-corrected chi connectivity index (χ0v) is 8.05. The Morgan fingerprint density at radius 3 is 3.09 bits per heavy atom. The summed E-state index contributed by atoms with van der Waals surface area (Å²) >= 11 is 1.89. The highest BCUT2D eigenvalue weighted by Gasteiger charge is 1.95. The molecule has 0 radical (unpaired) electrons. The van der Waals surface area contributed by atoms with Crippen LogP contribution in [0.1, 0.15) is 0 Å². The average Bonchev–Trinajstić information content (AvgIpc) is 2.01. The largest absolute Gasteiger partial charge is 0.445 e. The molecule has 4 heteroatoms. The number of ether oxygens (including phenoxy) is 1. The minimum atomic E-state index is -0.468. The van der Waals surface area contributed by atoms with E-state index >= 15 is 0 Å². The van der Waals surface area contributed by atoms with Crippen molar-refractivity contribution in [3.63, 3.8) is 0 Å². The van der Waals surface area contributed by atoms with Crippen LogP contribution in [0.2, 0.25) is 0 Å². The Morgan fingerprint density at radius 1 is 1.82 bits per heavy atom. The molecule has 0 bridgehead atoms. The van der Waals surface area contributed by atoms with Gasteiger partial charge in [0.15, 0.2) is 0 Å². The molecular weight excluding hydrogens is 257 g/mol. The van der Waals surface area contributed by atoms with E-state index in [1.54, 1.807) is 0 Å². The number of carbonyl (C=O) groups excluding carboxylic acids is 1. The number of nitrogens with one attached hydrogen (secondary N) is 1. The van der Waals surface area contributed by atoms with Crippen molar-refractivity contribution in [3.05, 3.63) is 12.7 Å². The van der Waals surface area contributed by atoms with Crippen LogP contribution in [0.3, 0.4) is 0 Å². The Bertz CT molecular complexity index is 192. The number of hydrogen-bond acceptors (Lipinski definition) is 2. The van der Waals surface area contributed by atoms with Crippen LogP contribution >= 0.6 is 22.6 Å². The standard InChI is InChI=1S/C7H8INO2/c1-2-6-11-7(10)9-5-3-4-8/h2H,1,5-6H2,(H,9,10). The summed E-state index contributed by atoms with van der Waals surface area (Å²) in [4.78, 5) is 10.6. The lowest BCUT2D eigenvalue weighted by molar-refractivity contribution is 0.159. The van der Waals surface area contributed by atoms with Crippen molar-refractivity contribution in [1.29, 1.82) is 0 Å². The van der Waals surface area contributed by atoms with E-state index in [9.17, 15) is 4.79 Å². The van der Waals surface area contributed by atoms with Crippen LogP contribution in [0.5, 0.6) is 0 Å². The van der Waals surface area contributed by atoms with Gasteiger partial charge < -0.3 is 10.1 Å². The van der Waals surface area contributed by atoms with Crippen molar-refractivity contribution in [2.24, 2.45) is 0 Å². The second kappa shape index (κ2) is 7.41. The number of rotatable bonds is 3. The monoisotopic (exact) mass is 265 g/mol. The normalized spacial score (nSPS) is 7.36. The third-order valence-electron chi connectivity index (χ3n) is 0.720. The molecule has 0 aromatic rings. The van der Waals surface area contributed by atoms with Crippen LogP contribution < -0.4 is 5.32 Å². The summed E-state index contributed by atoms with van der Waals surface area (Å²) in [5, 5.41) is 2.43. The van der Waals surface area contributed by atoms with Crippen molar-refractivity contribution in [3.8, 4) is 9.85 Å². The third-order valence-corrected chi connectivity index (χ3v) is 1.10. The van der Waals surface area contributed by atoms with Gasteiger partial charge in [-0.1, -0.05) is 18.6 Å². The highest BCUT2D eigenvalue weighted by molar-refractivity contribution is 14.1. The van der Waals surface area contributed by atoms with E-state index in [0.29, 0.717) is 6.54 Å². The lowest BCUT2D eigenvalue weighted by atomic mass is 10.7. The van der Waals surface area contributed by atoms with Crippen LogP contribution in [0, 0.1) is 9.85 Å². The molecule has 1 amide bonds. The summed E-state index contributed by atoms with van der Waals surface area (Å²) in [5.41, 5.74) is 0. The number of alkyl carbamates (subject to hydrolysis) is 1. The number of halogens is 1. The molecule has 0 aliphatic carbocycles. The van der Waals surface area contributed by atoms with E-state index in [2.05, 4.69) is 26.5 Å². The van der Waals surface area contributed by atoms with Gasteiger partial charge in [-0.05, 0) is 3.93 Å². The van der Waals surface area contributed by atoms with Gasteiger partial charge in [-0.2, -0.15) is 0 Å². The van der Waals surface area contributed by atoms with Gasteiger partial charge in [-0.3, -0.25) is 0 Å². The van der Waals surface area contributed by atoms with Gasteiger partial charge in [0.25, 0.3) is 0 Å². The second-order valence-electron chi connectivity index (χ2n) is 1.51. The molecule has 3 nitrogen and oxygen atoms in total. The maximum atomic E-state index is 10.6.